The number of hydrogen-bond acceptors (Lipinski definition) is 4. The molecule has 0 saturated heterocycles. The third-order valence-corrected chi connectivity index (χ3v) is 6.58. The van der Waals surface area contributed by atoms with Gasteiger partial charge in [0.1, 0.15) is 0 Å². The van der Waals surface area contributed by atoms with Gasteiger partial charge in [-0.2, -0.15) is 5.10 Å². The number of nitrogens with zero attached hydrogens (tertiary/aromatic N) is 2. The average molecular weight is 511 g/mol. The van der Waals surface area contributed by atoms with Crippen molar-refractivity contribution in [3.05, 3.63) is 98.5 Å². The molecule has 3 rings (SSSR count). The van der Waals surface area contributed by atoms with Crippen molar-refractivity contribution >= 4 is 62.6 Å². The van der Waals surface area contributed by atoms with Crippen LogP contribution in [0.2, 0.25) is 15.1 Å². The predicted molar refractivity (Wildman–Crippen MR) is 130 cm³/mol. The lowest BCUT2D eigenvalue weighted by Crippen LogP contribution is -2.29. The number of rotatable bonds is 7. The van der Waals surface area contributed by atoms with E-state index in [9.17, 15) is 13.2 Å². The lowest BCUT2D eigenvalue weighted by atomic mass is 10.1. The molecule has 10 heteroatoms. The standard InChI is InChI=1S/C22H18Cl3N3O3S/c1-32(30,31)28(20-4-2-3-19(24)21(20)25)14-16-5-9-17(10-6-16)22(29)27-26-13-15-7-11-18(23)12-8-15/h2-13H,14H2,1H3,(H,27,29)/b26-13-. The highest BCUT2D eigenvalue weighted by atomic mass is 35.5. The van der Waals surface area contributed by atoms with Crippen molar-refractivity contribution in [3.63, 3.8) is 0 Å². The van der Waals surface area contributed by atoms with Crippen LogP contribution in [0.25, 0.3) is 0 Å². The third-order valence-electron chi connectivity index (χ3n) is 4.39. The molecule has 0 aliphatic heterocycles. The third kappa shape index (κ3) is 6.23. The number of carbonyl (C=O) groups excluding carboxylic acids is 1. The number of halogens is 3. The first-order chi connectivity index (χ1) is 15.1. The molecule has 3 aromatic rings. The minimum atomic E-state index is -3.64. The monoisotopic (exact) mass is 509 g/mol. The summed E-state index contributed by atoms with van der Waals surface area (Å²) in [4.78, 5) is 12.3. The Morgan fingerprint density at radius 1 is 1.00 bits per heavy atom. The van der Waals surface area contributed by atoms with Gasteiger partial charge in [-0.15, -0.1) is 0 Å². The first-order valence-electron chi connectivity index (χ1n) is 9.25. The topological polar surface area (TPSA) is 78.8 Å². The van der Waals surface area contributed by atoms with Crippen LogP contribution in [0.5, 0.6) is 0 Å². The summed E-state index contributed by atoms with van der Waals surface area (Å²) in [5.74, 6) is -0.403. The zero-order valence-electron chi connectivity index (χ0n) is 16.8. The van der Waals surface area contributed by atoms with Crippen molar-refractivity contribution in [2.24, 2.45) is 5.10 Å². The number of sulfonamides is 1. The van der Waals surface area contributed by atoms with Crippen LogP contribution in [0.1, 0.15) is 21.5 Å². The Morgan fingerprint density at radius 3 is 2.28 bits per heavy atom. The van der Waals surface area contributed by atoms with E-state index in [4.69, 9.17) is 34.8 Å². The zero-order valence-corrected chi connectivity index (χ0v) is 19.9. The number of nitrogens with one attached hydrogen (secondary N) is 1. The van der Waals surface area contributed by atoms with Crippen LogP contribution >= 0.6 is 34.8 Å². The maximum Gasteiger partial charge on any atom is 0.271 e. The second-order valence-corrected chi connectivity index (χ2v) is 9.92. The first-order valence-corrected chi connectivity index (χ1v) is 12.2. The highest BCUT2D eigenvalue weighted by Gasteiger charge is 2.21. The Hall–Kier alpha value is -2.58. The summed E-state index contributed by atoms with van der Waals surface area (Å²) in [5, 5.41) is 4.94. The summed E-state index contributed by atoms with van der Waals surface area (Å²) in [7, 11) is -3.64. The van der Waals surface area contributed by atoms with Gasteiger partial charge in [0.15, 0.2) is 0 Å². The highest BCUT2D eigenvalue weighted by Crippen LogP contribution is 2.34. The van der Waals surface area contributed by atoms with Gasteiger partial charge < -0.3 is 0 Å². The molecule has 166 valence electrons. The van der Waals surface area contributed by atoms with Crippen LogP contribution in [-0.4, -0.2) is 26.8 Å². The molecule has 0 spiro atoms. The zero-order chi connectivity index (χ0) is 23.3. The molecule has 0 bridgehead atoms. The van der Waals surface area contributed by atoms with Gasteiger partial charge in [0.2, 0.25) is 10.0 Å². The van der Waals surface area contributed by atoms with E-state index in [1.54, 1.807) is 66.7 Å². The molecule has 0 fully saturated rings. The van der Waals surface area contributed by atoms with Crippen LogP contribution in [0.15, 0.2) is 71.8 Å². The van der Waals surface area contributed by atoms with Crippen molar-refractivity contribution in [3.8, 4) is 0 Å². The maximum absolute atomic E-state index is 12.4. The molecule has 0 atom stereocenters. The largest absolute Gasteiger partial charge is 0.271 e. The first kappa shape index (κ1) is 24.1. The molecule has 0 aliphatic carbocycles. The van der Waals surface area contributed by atoms with Crippen molar-refractivity contribution in [2.75, 3.05) is 10.6 Å². The van der Waals surface area contributed by atoms with Gasteiger partial charge in [-0.3, -0.25) is 9.10 Å². The molecule has 1 amide bonds. The Bertz CT molecular complexity index is 1250. The number of hydrogen-bond donors (Lipinski definition) is 1. The van der Waals surface area contributed by atoms with E-state index in [2.05, 4.69) is 10.5 Å². The number of anilines is 1. The Labute approximate surface area is 201 Å². The average Bonchev–Trinajstić information content (AvgIpc) is 2.75. The van der Waals surface area contributed by atoms with Gasteiger partial charge >= 0.3 is 0 Å². The molecule has 1 N–H and O–H groups in total. The van der Waals surface area contributed by atoms with E-state index >= 15 is 0 Å². The van der Waals surface area contributed by atoms with Gasteiger partial charge in [-0.05, 0) is 47.5 Å². The molecule has 0 aliphatic rings. The maximum atomic E-state index is 12.4. The number of hydrazone groups is 1. The van der Waals surface area contributed by atoms with Crippen molar-refractivity contribution in [2.45, 2.75) is 6.54 Å². The molecule has 0 aromatic heterocycles. The molecule has 6 nitrogen and oxygen atoms in total. The van der Waals surface area contributed by atoms with Gasteiger partial charge in [0, 0.05) is 10.6 Å². The molecular formula is C22H18Cl3N3O3S. The van der Waals surface area contributed by atoms with Crippen LogP contribution in [0.3, 0.4) is 0 Å². The van der Waals surface area contributed by atoms with E-state index in [1.807, 2.05) is 0 Å². The minimum Gasteiger partial charge on any atom is -0.267 e. The van der Waals surface area contributed by atoms with Crippen LogP contribution in [-0.2, 0) is 16.6 Å². The number of carbonyl (C=O) groups is 1. The summed E-state index contributed by atoms with van der Waals surface area (Å²) in [5.41, 5.74) is 4.54. The molecule has 0 heterocycles. The Kier molecular flexibility index (Phi) is 7.79. The molecular weight excluding hydrogens is 493 g/mol. The van der Waals surface area contributed by atoms with E-state index < -0.39 is 15.9 Å². The van der Waals surface area contributed by atoms with Crippen LogP contribution in [0, 0.1) is 0 Å². The normalized spacial score (nSPS) is 11.5. The van der Waals surface area contributed by atoms with E-state index in [1.165, 1.54) is 6.21 Å². The summed E-state index contributed by atoms with van der Waals surface area (Å²) in [6.07, 6.45) is 2.59. The second-order valence-electron chi connectivity index (χ2n) is 6.79. The lowest BCUT2D eigenvalue weighted by molar-refractivity contribution is 0.0955. The fraction of sp³-hybridized carbons (Fsp3) is 0.0909. The van der Waals surface area contributed by atoms with E-state index in [0.29, 0.717) is 16.1 Å². The molecule has 0 unspecified atom stereocenters. The van der Waals surface area contributed by atoms with Crippen molar-refractivity contribution < 1.29 is 13.2 Å². The van der Waals surface area contributed by atoms with Crippen LogP contribution in [0.4, 0.5) is 5.69 Å². The summed E-state index contributed by atoms with van der Waals surface area (Å²) < 4.78 is 25.9. The second kappa shape index (κ2) is 10.4. The van der Waals surface area contributed by atoms with Gasteiger partial charge in [-0.1, -0.05) is 65.1 Å². The molecule has 3 aromatic carbocycles. The van der Waals surface area contributed by atoms with Crippen molar-refractivity contribution in [1.29, 1.82) is 0 Å². The van der Waals surface area contributed by atoms with Gasteiger partial charge in [0.25, 0.3) is 5.91 Å². The fourth-order valence-electron chi connectivity index (χ4n) is 2.77. The lowest BCUT2D eigenvalue weighted by Gasteiger charge is -2.24. The summed E-state index contributed by atoms with van der Waals surface area (Å²) >= 11 is 18.1. The smallest absolute Gasteiger partial charge is 0.267 e. The number of amides is 1. The quantitative estimate of drug-likeness (QED) is 0.342. The van der Waals surface area contributed by atoms with Gasteiger partial charge in [-0.25, -0.2) is 13.8 Å². The predicted octanol–water partition coefficient (Wildman–Crippen LogP) is 5.38. The minimum absolute atomic E-state index is 0.0233. The highest BCUT2D eigenvalue weighted by molar-refractivity contribution is 7.92. The Morgan fingerprint density at radius 2 is 1.66 bits per heavy atom. The SMILES string of the molecule is CS(=O)(=O)N(Cc1ccc(C(=O)N/N=C\c2ccc(Cl)cc2)cc1)c1cccc(Cl)c1Cl. The Balaban J connectivity index is 1.71. The van der Waals surface area contributed by atoms with Crippen LogP contribution < -0.4 is 9.73 Å². The summed E-state index contributed by atoms with van der Waals surface area (Å²) in [6, 6.07) is 18.3. The molecule has 0 radical (unpaired) electrons. The molecule has 0 saturated carbocycles. The molecule has 32 heavy (non-hydrogen) atoms. The number of benzene rings is 3. The van der Waals surface area contributed by atoms with Gasteiger partial charge in [0.05, 0.1) is 34.7 Å². The van der Waals surface area contributed by atoms with E-state index in [0.717, 1.165) is 16.1 Å². The fourth-order valence-corrected chi connectivity index (χ4v) is 4.24. The van der Waals surface area contributed by atoms with E-state index in [-0.39, 0.29) is 22.3 Å². The summed E-state index contributed by atoms with van der Waals surface area (Å²) in [6.45, 7) is 0.0233. The van der Waals surface area contributed by atoms with Crippen molar-refractivity contribution in [1.82, 2.24) is 5.43 Å².